The fourth-order valence-electron chi connectivity index (χ4n) is 3.22. The minimum atomic E-state index is -0.872. The molecule has 0 saturated carbocycles. The van der Waals surface area contributed by atoms with E-state index < -0.39 is 17.7 Å². The lowest BCUT2D eigenvalue weighted by Crippen LogP contribution is -2.20. The van der Waals surface area contributed by atoms with Crippen LogP contribution in [0, 0.1) is 18.6 Å². The third-order valence-corrected chi connectivity index (χ3v) is 4.92. The van der Waals surface area contributed by atoms with Crippen molar-refractivity contribution in [1.29, 1.82) is 0 Å². The summed E-state index contributed by atoms with van der Waals surface area (Å²) in [5, 5.41) is 6.42. The van der Waals surface area contributed by atoms with Gasteiger partial charge >= 0.3 is 6.03 Å². The molecule has 4 rings (SSSR count). The number of pyridine rings is 1. The molecule has 7 heteroatoms. The third-order valence-electron chi connectivity index (χ3n) is 4.59. The van der Waals surface area contributed by atoms with E-state index in [0.29, 0.717) is 22.3 Å². The molecule has 0 aliphatic rings. The van der Waals surface area contributed by atoms with Gasteiger partial charge in [0.15, 0.2) is 0 Å². The summed E-state index contributed by atoms with van der Waals surface area (Å²) in [6.07, 6.45) is 1.52. The number of halogens is 3. The zero-order valence-electron chi connectivity index (χ0n) is 15.8. The highest BCUT2D eigenvalue weighted by Gasteiger charge is 2.16. The highest BCUT2D eigenvalue weighted by molar-refractivity contribution is 6.34. The maximum atomic E-state index is 13.9. The second-order valence-electron chi connectivity index (χ2n) is 6.75. The molecule has 0 spiro atoms. The van der Waals surface area contributed by atoms with Crippen molar-refractivity contribution in [2.24, 2.45) is 0 Å². The number of benzene rings is 3. The van der Waals surface area contributed by atoms with E-state index in [1.165, 1.54) is 6.20 Å². The smallest absolute Gasteiger partial charge is 0.306 e. The van der Waals surface area contributed by atoms with Crippen molar-refractivity contribution < 1.29 is 13.6 Å². The Bertz CT molecular complexity index is 1280. The Morgan fingerprint density at radius 1 is 0.967 bits per heavy atom. The zero-order chi connectivity index (χ0) is 21.3. The average molecular weight is 424 g/mol. The summed E-state index contributed by atoms with van der Waals surface area (Å²) in [4.78, 5) is 17.0. The molecule has 0 atom stereocenters. The van der Waals surface area contributed by atoms with Crippen LogP contribution in [-0.2, 0) is 0 Å². The zero-order valence-corrected chi connectivity index (χ0v) is 16.6. The number of nitrogens with zero attached hydrogens (tertiary/aromatic N) is 1. The lowest BCUT2D eigenvalue weighted by molar-refractivity contribution is 0.262. The van der Waals surface area contributed by atoms with E-state index in [1.54, 1.807) is 6.07 Å². The first-order valence-electron chi connectivity index (χ1n) is 9.09. The molecule has 0 fully saturated rings. The number of hydrogen-bond donors (Lipinski definition) is 2. The maximum absolute atomic E-state index is 13.9. The van der Waals surface area contributed by atoms with Gasteiger partial charge in [-0.3, -0.25) is 4.98 Å². The average Bonchev–Trinajstić information content (AvgIpc) is 2.71. The molecule has 0 saturated heterocycles. The first-order chi connectivity index (χ1) is 14.4. The van der Waals surface area contributed by atoms with Gasteiger partial charge in [0, 0.05) is 27.6 Å². The van der Waals surface area contributed by atoms with Crippen molar-refractivity contribution in [3.63, 3.8) is 0 Å². The third kappa shape index (κ3) is 3.95. The lowest BCUT2D eigenvalue weighted by Gasteiger charge is -2.16. The summed E-state index contributed by atoms with van der Waals surface area (Å²) in [5.41, 5.74) is 3.45. The molecule has 150 valence electrons. The molecule has 0 bridgehead atoms. The second-order valence-corrected chi connectivity index (χ2v) is 7.16. The van der Waals surface area contributed by atoms with Crippen molar-refractivity contribution in [3.8, 4) is 11.1 Å². The number of rotatable bonds is 3. The summed E-state index contributed by atoms with van der Waals surface area (Å²) in [6, 6.07) is 15.3. The fourth-order valence-corrected chi connectivity index (χ4v) is 3.45. The van der Waals surface area contributed by atoms with Gasteiger partial charge < -0.3 is 10.6 Å². The molecule has 0 radical (unpaired) electrons. The van der Waals surface area contributed by atoms with Gasteiger partial charge in [-0.25, -0.2) is 13.6 Å². The number of nitrogens with one attached hydrogen (secondary N) is 2. The first kappa shape index (κ1) is 19.8. The minimum Gasteiger partial charge on any atom is -0.306 e. The van der Waals surface area contributed by atoms with Gasteiger partial charge in [0.2, 0.25) is 0 Å². The Balaban J connectivity index is 1.78. The predicted molar refractivity (Wildman–Crippen MR) is 116 cm³/mol. The molecule has 2 amide bonds. The number of urea groups is 1. The van der Waals surface area contributed by atoms with Crippen LogP contribution in [0.4, 0.5) is 25.0 Å². The summed E-state index contributed by atoms with van der Waals surface area (Å²) in [6.45, 7) is 1.96. The van der Waals surface area contributed by atoms with Crippen LogP contribution in [-0.4, -0.2) is 11.0 Å². The predicted octanol–water partition coefficient (Wildman–Crippen LogP) is 6.79. The highest BCUT2D eigenvalue weighted by atomic mass is 35.5. The van der Waals surface area contributed by atoms with Crippen molar-refractivity contribution in [1.82, 2.24) is 4.98 Å². The van der Waals surface area contributed by atoms with Crippen LogP contribution in [0.2, 0.25) is 5.02 Å². The van der Waals surface area contributed by atoms with Crippen molar-refractivity contribution in [2.45, 2.75) is 6.92 Å². The standard InChI is InChI=1S/C23H16ClF2N3O/c1-13-6-8-19-16(10-13)22(15-4-2-3-5-17(15)24)21(12-27-19)29-23(30)28-20-9-7-14(25)11-18(20)26/h2-12H,1H3,(H2,28,29,30). The molecule has 0 aliphatic carbocycles. The monoisotopic (exact) mass is 423 g/mol. The van der Waals surface area contributed by atoms with Gasteiger partial charge in [-0.2, -0.15) is 0 Å². The van der Waals surface area contributed by atoms with E-state index in [9.17, 15) is 13.6 Å². The summed E-state index contributed by atoms with van der Waals surface area (Å²) < 4.78 is 27.0. The van der Waals surface area contributed by atoms with E-state index in [0.717, 1.165) is 34.2 Å². The number of aryl methyl sites for hydroxylation is 1. The van der Waals surface area contributed by atoms with Gasteiger partial charge in [0.05, 0.1) is 23.1 Å². The van der Waals surface area contributed by atoms with Gasteiger partial charge in [0.1, 0.15) is 11.6 Å². The molecular weight excluding hydrogens is 408 g/mol. The number of carbonyl (C=O) groups excluding carboxylic acids is 1. The Kier molecular flexibility index (Phi) is 5.33. The van der Waals surface area contributed by atoms with E-state index in [-0.39, 0.29) is 5.69 Å². The Morgan fingerprint density at radius 3 is 2.50 bits per heavy atom. The van der Waals surface area contributed by atoms with Crippen LogP contribution in [0.25, 0.3) is 22.0 Å². The van der Waals surface area contributed by atoms with Crippen LogP contribution in [0.1, 0.15) is 5.56 Å². The van der Waals surface area contributed by atoms with Crippen LogP contribution in [0.5, 0.6) is 0 Å². The molecule has 30 heavy (non-hydrogen) atoms. The highest BCUT2D eigenvalue weighted by Crippen LogP contribution is 2.38. The quantitative estimate of drug-likeness (QED) is 0.381. The van der Waals surface area contributed by atoms with E-state index in [1.807, 2.05) is 43.3 Å². The first-order valence-corrected chi connectivity index (χ1v) is 9.47. The van der Waals surface area contributed by atoms with Gasteiger partial charge in [-0.1, -0.05) is 41.4 Å². The molecule has 0 aliphatic heterocycles. The molecule has 4 aromatic rings. The second kappa shape index (κ2) is 8.08. The number of anilines is 2. The van der Waals surface area contributed by atoms with Crippen LogP contribution < -0.4 is 10.6 Å². The van der Waals surface area contributed by atoms with Crippen molar-refractivity contribution in [2.75, 3.05) is 10.6 Å². The number of aromatic nitrogens is 1. The Hall–Kier alpha value is -3.51. The molecular formula is C23H16ClF2N3O. The van der Waals surface area contributed by atoms with Gasteiger partial charge in [0.25, 0.3) is 0 Å². The molecule has 2 N–H and O–H groups in total. The summed E-state index contributed by atoms with van der Waals surface area (Å²) in [7, 11) is 0. The number of fused-ring (bicyclic) bond motifs is 1. The number of hydrogen-bond acceptors (Lipinski definition) is 2. The van der Waals surface area contributed by atoms with Crippen molar-refractivity contribution >= 4 is 39.9 Å². The number of carbonyl (C=O) groups is 1. The van der Waals surface area contributed by atoms with Crippen LogP contribution in [0.3, 0.4) is 0 Å². The Labute approximate surface area is 176 Å². The molecule has 1 heterocycles. The lowest BCUT2D eigenvalue weighted by atomic mass is 9.98. The van der Waals surface area contributed by atoms with Gasteiger partial charge in [-0.15, -0.1) is 0 Å². The SMILES string of the molecule is Cc1ccc2ncc(NC(=O)Nc3ccc(F)cc3F)c(-c3ccccc3Cl)c2c1. The molecule has 4 nitrogen and oxygen atoms in total. The van der Waals surface area contributed by atoms with Crippen LogP contribution in [0.15, 0.2) is 66.9 Å². The van der Waals surface area contributed by atoms with Crippen molar-refractivity contribution in [3.05, 3.63) is 89.1 Å². The number of amides is 2. The molecule has 3 aromatic carbocycles. The van der Waals surface area contributed by atoms with Crippen LogP contribution >= 0.6 is 11.6 Å². The fraction of sp³-hybridized carbons (Fsp3) is 0.0435. The molecule has 0 unspecified atom stereocenters. The molecule has 1 aromatic heterocycles. The van der Waals surface area contributed by atoms with E-state index in [2.05, 4.69) is 15.6 Å². The topological polar surface area (TPSA) is 54.0 Å². The normalized spacial score (nSPS) is 10.8. The van der Waals surface area contributed by atoms with Gasteiger partial charge in [-0.05, 0) is 37.3 Å². The maximum Gasteiger partial charge on any atom is 0.323 e. The van der Waals surface area contributed by atoms with E-state index >= 15 is 0 Å². The minimum absolute atomic E-state index is 0.141. The van der Waals surface area contributed by atoms with E-state index in [4.69, 9.17) is 11.6 Å². The summed E-state index contributed by atoms with van der Waals surface area (Å²) in [5.74, 6) is -1.60. The largest absolute Gasteiger partial charge is 0.323 e. The summed E-state index contributed by atoms with van der Waals surface area (Å²) >= 11 is 6.44. The Morgan fingerprint density at radius 2 is 1.73 bits per heavy atom.